The number of aromatic nitrogens is 2. The molecule has 14 heavy (non-hydrogen) atoms. The molecule has 2 nitrogen and oxygen atoms in total. The Morgan fingerprint density at radius 2 is 1.86 bits per heavy atom. The lowest BCUT2D eigenvalue weighted by Gasteiger charge is -2.00. The van der Waals surface area contributed by atoms with Gasteiger partial charge in [-0.15, -0.1) is 0 Å². The van der Waals surface area contributed by atoms with Gasteiger partial charge in [-0.1, -0.05) is 18.7 Å². The van der Waals surface area contributed by atoms with Crippen molar-refractivity contribution in [1.29, 1.82) is 0 Å². The van der Waals surface area contributed by atoms with Crippen LogP contribution in [0.4, 0.5) is 0 Å². The quantitative estimate of drug-likeness (QED) is 0.775. The fourth-order valence-electron chi connectivity index (χ4n) is 0.959. The highest BCUT2D eigenvalue weighted by molar-refractivity contribution is 7.99. The number of pyridine rings is 2. The molecule has 0 saturated heterocycles. The zero-order chi connectivity index (χ0) is 9.80. The SMILES string of the molecule is [S]c1cccnc1Sc1ccccn1. The minimum Gasteiger partial charge on any atom is -0.250 e. The van der Waals surface area contributed by atoms with Crippen molar-refractivity contribution < 1.29 is 0 Å². The Balaban J connectivity index is 2.24. The molecule has 0 saturated carbocycles. The molecule has 0 aromatic carbocycles. The van der Waals surface area contributed by atoms with Gasteiger partial charge in [0.15, 0.2) is 0 Å². The van der Waals surface area contributed by atoms with Crippen LogP contribution >= 0.6 is 24.4 Å². The largest absolute Gasteiger partial charge is 0.250 e. The second-order valence-electron chi connectivity index (χ2n) is 2.58. The lowest BCUT2D eigenvalue weighted by molar-refractivity contribution is 1.02. The van der Waals surface area contributed by atoms with Gasteiger partial charge < -0.3 is 0 Å². The predicted octanol–water partition coefficient (Wildman–Crippen LogP) is 3.18. The van der Waals surface area contributed by atoms with Gasteiger partial charge in [0.25, 0.3) is 0 Å². The van der Waals surface area contributed by atoms with Crippen molar-refractivity contribution >= 4 is 24.4 Å². The summed E-state index contributed by atoms with van der Waals surface area (Å²) >= 11 is 6.63. The van der Waals surface area contributed by atoms with E-state index in [1.54, 1.807) is 12.4 Å². The van der Waals surface area contributed by atoms with Crippen molar-refractivity contribution in [1.82, 2.24) is 9.97 Å². The zero-order valence-electron chi connectivity index (χ0n) is 7.25. The van der Waals surface area contributed by atoms with Gasteiger partial charge in [-0.2, -0.15) is 0 Å². The molecule has 0 aliphatic rings. The Kier molecular flexibility index (Phi) is 2.96. The van der Waals surface area contributed by atoms with Crippen LogP contribution in [0.25, 0.3) is 0 Å². The van der Waals surface area contributed by atoms with E-state index in [0.717, 1.165) is 14.9 Å². The molecule has 0 fully saturated rings. The maximum absolute atomic E-state index is 5.14. The Hall–Kier alpha value is -1.13. The first kappa shape index (κ1) is 9.43. The Morgan fingerprint density at radius 1 is 1.00 bits per heavy atom. The highest BCUT2D eigenvalue weighted by Gasteiger charge is 2.02. The summed E-state index contributed by atoms with van der Waals surface area (Å²) in [6, 6.07) is 9.48. The second-order valence-corrected chi connectivity index (χ2v) is 4.03. The highest BCUT2D eigenvalue weighted by atomic mass is 32.2. The van der Waals surface area contributed by atoms with E-state index in [-0.39, 0.29) is 0 Å². The summed E-state index contributed by atoms with van der Waals surface area (Å²) in [5.74, 6) is 0. The van der Waals surface area contributed by atoms with Gasteiger partial charge in [0.05, 0.1) is 4.90 Å². The molecule has 0 amide bonds. The van der Waals surface area contributed by atoms with Crippen molar-refractivity contribution in [3.63, 3.8) is 0 Å². The molecule has 0 unspecified atom stereocenters. The average Bonchev–Trinajstić information content (AvgIpc) is 2.23. The van der Waals surface area contributed by atoms with Crippen LogP contribution in [-0.4, -0.2) is 9.97 Å². The molecular weight excluding hydrogens is 212 g/mol. The molecule has 0 aliphatic carbocycles. The van der Waals surface area contributed by atoms with Crippen molar-refractivity contribution in [2.45, 2.75) is 14.9 Å². The van der Waals surface area contributed by atoms with Crippen molar-refractivity contribution in [3.05, 3.63) is 42.7 Å². The molecule has 0 N–H and O–H groups in total. The summed E-state index contributed by atoms with van der Waals surface area (Å²) in [5.41, 5.74) is 0. The van der Waals surface area contributed by atoms with E-state index in [2.05, 4.69) is 9.97 Å². The van der Waals surface area contributed by atoms with Crippen LogP contribution in [0.1, 0.15) is 0 Å². The monoisotopic (exact) mass is 219 g/mol. The molecular formula is C10H7N2S2. The lowest BCUT2D eigenvalue weighted by atomic mass is 10.5. The zero-order valence-corrected chi connectivity index (χ0v) is 8.89. The van der Waals surface area contributed by atoms with Crippen LogP contribution < -0.4 is 0 Å². The molecule has 0 bridgehead atoms. The maximum atomic E-state index is 5.14. The number of nitrogens with zero attached hydrogens (tertiary/aromatic N) is 2. The van der Waals surface area contributed by atoms with Crippen molar-refractivity contribution in [3.8, 4) is 0 Å². The Morgan fingerprint density at radius 3 is 2.57 bits per heavy atom. The van der Waals surface area contributed by atoms with E-state index in [1.807, 2.05) is 30.3 Å². The van der Waals surface area contributed by atoms with Gasteiger partial charge in [-0.3, -0.25) is 0 Å². The van der Waals surface area contributed by atoms with Crippen LogP contribution in [-0.2, 0) is 0 Å². The van der Waals surface area contributed by atoms with E-state index in [1.165, 1.54) is 11.8 Å². The summed E-state index contributed by atoms with van der Waals surface area (Å²) in [7, 11) is 0. The van der Waals surface area contributed by atoms with Gasteiger partial charge in [0.1, 0.15) is 10.1 Å². The van der Waals surface area contributed by atoms with E-state index in [4.69, 9.17) is 12.6 Å². The summed E-state index contributed by atoms with van der Waals surface area (Å²) in [4.78, 5) is 9.15. The molecule has 2 aromatic heterocycles. The van der Waals surface area contributed by atoms with E-state index >= 15 is 0 Å². The molecule has 2 aromatic rings. The number of hydrogen-bond acceptors (Lipinski definition) is 3. The summed E-state index contributed by atoms with van der Waals surface area (Å²) < 4.78 is 0. The first-order valence-electron chi connectivity index (χ1n) is 4.07. The predicted molar refractivity (Wildman–Crippen MR) is 58.5 cm³/mol. The van der Waals surface area contributed by atoms with E-state index < -0.39 is 0 Å². The van der Waals surface area contributed by atoms with E-state index in [9.17, 15) is 0 Å². The second kappa shape index (κ2) is 4.39. The molecule has 4 heteroatoms. The van der Waals surface area contributed by atoms with Crippen LogP contribution in [0.3, 0.4) is 0 Å². The standard InChI is InChI=1S/C10H7N2S2/c13-8-4-3-7-12-10(8)14-9-5-1-2-6-11-9/h1-7H. The van der Waals surface area contributed by atoms with Crippen molar-refractivity contribution in [2.75, 3.05) is 0 Å². The van der Waals surface area contributed by atoms with Gasteiger partial charge in [0, 0.05) is 12.4 Å². The normalized spacial score (nSPS) is 10.0. The minimum atomic E-state index is 0.767. The van der Waals surface area contributed by atoms with Crippen molar-refractivity contribution in [2.24, 2.45) is 0 Å². The third-order valence-corrected chi connectivity index (χ3v) is 3.00. The van der Waals surface area contributed by atoms with Gasteiger partial charge >= 0.3 is 0 Å². The topological polar surface area (TPSA) is 25.8 Å². The fourth-order valence-corrected chi connectivity index (χ4v) is 1.96. The first-order valence-corrected chi connectivity index (χ1v) is 5.29. The van der Waals surface area contributed by atoms with Gasteiger partial charge in [-0.25, -0.2) is 9.97 Å². The average molecular weight is 219 g/mol. The molecule has 2 heterocycles. The van der Waals surface area contributed by atoms with Crippen LogP contribution in [0, 0.1) is 0 Å². The van der Waals surface area contributed by atoms with Gasteiger partial charge in [0.2, 0.25) is 0 Å². The van der Waals surface area contributed by atoms with Crippen LogP contribution in [0.2, 0.25) is 0 Å². The fraction of sp³-hybridized carbons (Fsp3) is 0. The number of hydrogen-bond donors (Lipinski definition) is 0. The summed E-state index contributed by atoms with van der Waals surface area (Å²) in [6.07, 6.45) is 3.50. The third kappa shape index (κ3) is 2.21. The summed E-state index contributed by atoms with van der Waals surface area (Å²) in [5, 5.41) is 1.75. The lowest BCUT2D eigenvalue weighted by Crippen LogP contribution is -1.82. The third-order valence-electron chi connectivity index (χ3n) is 1.58. The van der Waals surface area contributed by atoms with Crippen LogP contribution in [0.15, 0.2) is 57.7 Å². The van der Waals surface area contributed by atoms with Gasteiger partial charge in [-0.05, 0) is 36.0 Å². The highest BCUT2D eigenvalue weighted by Crippen LogP contribution is 2.28. The maximum Gasteiger partial charge on any atom is 0.120 e. The smallest absolute Gasteiger partial charge is 0.120 e. The molecule has 0 atom stereocenters. The van der Waals surface area contributed by atoms with Crippen LogP contribution in [0.5, 0.6) is 0 Å². The molecule has 69 valence electrons. The Bertz CT molecular complexity index is 417. The molecule has 2 rings (SSSR count). The summed E-state index contributed by atoms with van der Waals surface area (Å²) in [6.45, 7) is 0. The molecule has 1 radical (unpaired) electrons. The Labute approximate surface area is 92.2 Å². The molecule has 0 spiro atoms. The minimum absolute atomic E-state index is 0.767. The molecule has 0 aliphatic heterocycles. The van der Waals surface area contributed by atoms with E-state index in [0.29, 0.717) is 0 Å². The first-order chi connectivity index (χ1) is 6.86. The number of rotatable bonds is 2.